The molecule has 0 saturated heterocycles. The fourth-order valence-corrected chi connectivity index (χ4v) is 7.86. The molecule has 3 fully saturated rings. The van der Waals surface area contributed by atoms with Crippen molar-refractivity contribution in [2.24, 2.45) is 44.3 Å². The zero-order valence-electron chi connectivity index (χ0n) is 19.2. The van der Waals surface area contributed by atoms with Crippen LogP contribution in [0.2, 0.25) is 0 Å². The van der Waals surface area contributed by atoms with Crippen molar-refractivity contribution in [3.05, 3.63) is 47.5 Å². The highest BCUT2D eigenvalue weighted by atomic mass is 16.3. The molecular formula is C26H36N4O2. The van der Waals surface area contributed by atoms with Crippen LogP contribution < -0.4 is 11.5 Å². The van der Waals surface area contributed by atoms with Crippen molar-refractivity contribution in [2.75, 3.05) is 0 Å². The van der Waals surface area contributed by atoms with Gasteiger partial charge in [0.25, 0.3) is 0 Å². The third-order valence-electron chi connectivity index (χ3n) is 9.85. The normalized spacial score (nSPS) is 44.2. The van der Waals surface area contributed by atoms with Gasteiger partial charge in [-0.1, -0.05) is 55.8 Å². The summed E-state index contributed by atoms with van der Waals surface area (Å²) in [6.45, 7) is 4.50. The van der Waals surface area contributed by atoms with Gasteiger partial charge in [-0.2, -0.15) is 5.10 Å². The summed E-state index contributed by atoms with van der Waals surface area (Å²) < 4.78 is 0. The highest BCUT2D eigenvalue weighted by Crippen LogP contribution is 2.70. The van der Waals surface area contributed by atoms with Crippen LogP contribution in [-0.2, 0) is 5.60 Å². The summed E-state index contributed by atoms with van der Waals surface area (Å²) in [5.41, 5.74) is 11.9. The molecule has 172 valence electrons. The summed E-state index contributed by atoms with van der Waals surface area (Å²) in [6, 6.07) is 9.98. The second-order valence-electron chi connectivity index (χ2n) is 11.0. The Balaban J connectivity index is 1.49. The number of hydrogen-bond donors (Lipinski definition) is 4. The maximum Gasteiger partial charge on any atom is 0.211 e. The summed E-state index contributed by atoms with van der Waals surface area (Å²) in [6.07, 6.45) is 8.96. The van der Waals surface area contributed by atoms with Crippen molar-refractivity contribution in [3.8, 4) is 0 Å². The predicted octanol–water partition coefficient (Wildman–Crippen LogP) is 3.58. The van der Waals surface area contributed by atoms with Gasteiger partial charge in [-0.05, 0) is 67.8 Å². The lowest BCUT2D eigenvalue weighted by molar-refractivity contribution is -0.216. The Morgan fingerprint density at radius 3 is 2.47 bits per heavy atom. The molecule has 0 spiro atoms. The van der Waals surface area contributed by atoms with Crippen LogP contribution in [0, 0.1) is 22.7 Å². The van der Waals surface area contributed by atoms with Gasteiger partial charge in [-0.15, -0.1) is 5.10 Å². The average Bonchev–Trinajstić information content (AvgIpc) is 3.00. The Morgan fingerprint density at radius 2 is 1.75 bits per heavy atom. The Morgan fingerprint density at radius 1 is 1.00 bits per heavy atom. The first-order valence-electron chi connectivity index (χ1n) is 12.0. The predicted molar refractivity (Wildman–Crippen MR) is 127 cm³/mol. The van der Waals surface area contributed by atoms with E-state index in [0.717, 1.165) is 49.8 Å². The van der Waals surface area contributed by atoms with Crippen LogP contribution in [0.1, 0.15) is 70.8 Å². The lowest BCUT2D eigenvalue weighted by Crippen LogP contribution is -2.63. The number of allylic oxidation sites excluding steroid dienone is 2. The first-order chi connectivity index (χ1) is 15.1. The van der Waals surface area contributed by atoms with Gasteiger partial charge < -0.3 is 21.7 Å². The number of rotatable bonds is 2. The Kier molecular flexibility index (Phi) is 4.84. The zero-order valence-corrected chi connectivity index (χ0v) is 19.2. The number of benzene rings is 1. The minimum absolute atomic E-state index is 0.00977. The van der Waals surface area contributed by atoms with Crippen molar-refractivity contribution in [3.63, 3.8) is 0 Å². The molecule has 0 heterocycles. The Labute approximate surface area is 190 Å². The molecule has 0 aromatic heterocycles. The largest absolute Gasteiger partial charge is 0.389 e. The Bertz CT molecular complexity index is 1000. The Hall–Kier alpha value is -2.18. The van der Waals surface area contributed by atoms with Gasteiger partial charge in [0.2, 0.25) is 5.96 Å². The highest BCUT2D eigenvalue weighted by molar-refractivity contribution is 5.89. The molecule has 0 aliphatic heterocycles. The average molecular weight is 437 g/mol. The first-order valence-corrected chi connectivity index (χ1v) is 12.0. The molecule has 1 aromatic rings. The third-order valence-corrected chi connectivity index (χ3v) is 9.85. The van der Waals surface area contributed by atoms with Crippen molar-refractivity contribution in [2.45, 2.75) is 76.4 Å². The minimum atomic E-state index is -0.995. The van der Waals surface area contributed by atoms with Gasteiger partial charge >= 0.3 is 0 Å². The van der Waals surface area contributed by atoms with E-state index in [4.69, 9.17) is 11.5 Å². The van der Waals surface area contributed by atoms with Crippen LogP contribution >= 0.6 is 0 Å². The lowest BCUT2D eigenvalue weighted by Gasteiger charge is -2.62. The van der Waals surface area contributed by atoms with E-state index in [-0.39, 0.29) is 17.3 Å². The number of aliphatic hydroxyl groups is 2. The molecule has 0 unspecified atom stereocenters. The molecule has 5 rings (SSSR count). The van der Waals surface area contributed by atoms with Crippen molar-refractivity contribution < 1.29 is 10.2 Å². The molecule has 4 aliphatic carbocycles. The second-order valence-corrected chi connectivity index (χ2v) is 11.0. The molecule has 1 aromatic carbocycles. The van der Waals surface area contributed by atoms with Crippen LogP contribution in [0.15, 0.2) is 52.2 Å². The van der Waals surface area contributed by atoms with E-state index in [9.17, 15) is 10.2 Å². The van der Waals surface area contributed by atoms with Crippen LogP contribution in [-0.4, -0.2) is 27.5 Å². The molecule has 4 aliphatic rings. The third kappa shape index (κ3) is 2.78. The van der Waals surface area contributed by atoms with Crippen LogP contribution in [0.4, 0.5) is 0 Å². The van der Waals surface area contributed by atoms with E-state index in [1.165, 1.54) is 5.57 Å². The van der Waals surface area contributed by atoms with E-state index < -0.39 is 16.6 Å². The summed E-state index contributed by atoms with van der Waals surface area (Å²) in [4.78, 5) is 0. The van der Waals surface area contributed by atoms with E-state index in [0.29, 0.717) is 18.8 Å². The number of hydrogen-bond acceptors (Lipinski definition) is 4. The van der Waals surface area contributed by atoms with E-state index in [1.807, 2.05) is 30.3 Å². The minimum Gasteiger partial charge on any atom is -0.389 e. The lowest BCUT2D eigenvalue weighted by atomic mass is 9.45. The summed E-state index contributed by atoms with van der Waals surface area (Å²) in [5.74, 6) is 0.553. The zero-order chi connectivity index (χ0) is 22.8. The second kappa shape index (κ2) is 7.16. The fourth-order valence-electron chi connectivity index (χ4n) is 7.86. The molecule has 6 N–H and O–H groups in total. The number of nitrogens with two attached hydrogens (primary N) is 2. The molecule has 0 bridgehead atoms. The molecular weight excluding hydrogens is 400 g/mol. The summed E-state index contributed by atoms with van der Waals surface area (Å²) in [5, 5.41) is 32.4. The van der Waals surface area contributed by atoms with Gasteiger partial charge in [-0.3, -0.25) is 0 Å². The molecule has 6 nitrogen and oxygen atoms in total. The smallest absolute Gasteiger partial charge is 0.211 e. The van der Waals surface area contributed by atoms with Crippen LogP contribution in [0.5, 0.6) is 0 Å². The number of guanidine groups is 1. The van der Waals surface area contributed by atoms with Gasteiger partial charge in [0, 0.05) is 17.5 Å². The monoisotopic (exact) mass is 436 g/mol. The molecule has 3 saturated carbocycles. The maximum absolute atomic E-state index is 12.3. The van der Waals surface area contributed by atoms with Crippen molar-refractivity contribution >= 4 is 11.7 Å². The van der Waals surface area contributed by atoms with Gasteiger partial charge in [0.15, 0.2) is 0 Å². The molecule has 6 heteroatoms. The molecule has 32 heavy (non-hydrogen) atoms. The van der Waals surface area contributed by atoms with Gasteiger partial charge in [-0.25, -0.2) is 0 Å². The molecule has 0 amide bonds. The first kappa shape index (κ1) is 21.7. The van der Waals surface area contributed by atoms with Crippen molar-refractivity contribution in [1.29, 1.82) is 0 Å². The quantitative estimate of drug-likeness (QED) is 0.245. The van der Waals surface area contributed by atoms with E-state index in [2.05, 4.69) is 30.1 Å². The molecule has 0 radical (unpaired) electrons. The SMILES string of the molecule is C[C@]12CC[C@H]3[C@@H](CC=C4C/C(=N/N=C(N)N)CC[C@@]43C)[C@@]1(O)CC[C@]2(O)c1ccccc1. The van der Waals surface area contributed by atoms with Crippen LogP contribution in [0.3, 0.4) is 0 Å². The highest BCUT2D eigenvalue weighted by Gasteiger charge is 2.71. The topological polar surface area (TPSA) is 117 Å². The van der Waals surface area contributed by atoms with Crippen molar-refractivity contribution in [1.82, 2.24) is 0 Å². The number of nitrogens with zero attached hydrogens (tertiary/aromatic N) is 2. The van der Waals surface area contributed by atoms with Crippen LogP contribution in [0.25, 0.3) is 0 Å². The maximum atomic E-state index is 12.3. The summed E-state index contributed by atoms with van der Waals surface area (Å²) in [7, 11) is 0. The standard InChI is InChI=1S/C26H36N4O2/c1-23-12-10-19(29-30-22(27)28)16-18(23)8-9-21-20(23)11-13-24(2)25(31,14-15-26(21,24)32)17-6-4-3-5-7-17/h3-8,20-21,31-32H,9-16H2,1-2H3,(H4,27,28,30)/b29-19+/t20-,21+,23-,24+,25-,26-/m0/s1. The van der Waals surface area contributed by atoms with E-state index in [1.54, 1.807) is 0 Å². The van der Waals surface area contributed by atoms with E-state index >= 15 is 0 Å². The molecule has 6 atom stereocenters. The number of fused-ring (bicyclic) bond motifs is 5. The summed E-state index contributed by atoms with van der Waals surface area (Å²) >= 11 is 0. The van der Waals surface area contributed by atoms with Gasteiger partial charge in [0.1, 0.15) is 0 Å². The van der Waals surface area contributed by atoms with Gasteiger partial charge in [0.05, 0.1) is 11.2 Å². The fraction of sp³-hybridized carbons (Fsp3) is 0.615.